The second-order valence-electron chi connectivity index (χ2n) is 6.70. The highest BCUT2D eigenvalue weighted by Crippen LogP contribution is 2.24. The Morgan fingerprint density at radius 3 is 2.57 bits per heavy atom. The molecule has 0 aliphatic carbocycles. The Labute approximate surface area is 168 Å². The molecule has 2 aromatic carbocycles. The fourth-order valence-electron chi connectivity index (χ4n) is 3.00. The largest absolute Gasteiger partial charge is 0.452 e. The molecule has 0 spiro atoms. The van der Waals surface area contributed by atoms with E-state index in [4.69, 9.17) is 16.3 Å². The lowest BCUT2D eigenvalue weighted by Crippen LogP contribution is -2.33. The number of rotatable bonds is 6. The van der Waals surface area contributed by atoms with Gasteiger partial charge in [0.05, 0.1) is 5.92 Å². The average molecular weight is 401 g/mol. The normalized spacial score (nSPS) is 17.3. The summed E-state index contributed by atoms with van der Waals surface area (Å²) in [6, 6.07) is 16.2. The van der Waals surface area contributed by atoms with Crippen LogP contribution in [0.3, 0.4) is 0 Å². The first-order chi connectivity index (χ1) is 13.4. The molecule has 7 heteroatoms. The van der Waals surface area contributed by atoms with Crippen molar-refractivity contribution in [3.8, 4) is 0 Å². The zero-order valence-electron chi connectivity index (χ0n) is 15.4. The Balaban J connectivity index is 1.54. The summed E-state index contributed by atoms with van der Waals surface area (Å²) < 4.78 is 5.28. The zero-order valence-corrected chi connectivity index (χ0v) is 16.2. The van der Waals surface area contributed by atoms with Gasteiger partial charge in [0.15, 0.2) is 6.10 Å². The summed E-state index contributed by atoms with van der Waals surface area (Å²) in [5.41, 5.74) is 1.44. The quantitative estimate of drug-likeness (QED) is 0.755. The van der Waals surface area contributed by atoms with Gasteiger partial charge in [-0.2, -0.15) is 0 Å². The number of carbonyl (C=O) groups is 3. The van der Waals surface area contributed by atoms with E-state index in [1.807, 2.05) is 24.3 Å². The number of carbonyl (C=O) groups excluding carboxylic acids is 3. The molecule has 0 radical (unpaired) electrons. The number of hydrogen-bond acceptors (Lipinski definition) is 4. The Bertz CT molecular complexity index is 872. The van der Waals surface area contributed by atoms with Crippen molar-refractivity contribution in [2.24, 2.45) is 5.92 Å². The topological polar surface area (TPSA) is 75.7 Å². The Kier molecular flexibility index (Phi) is 6.31. The first-order valence-corrected chi connectivity index (χ1v) is 9.39. The molecule has 2 atom stereocenters. The van der Waals surface area contributed by atoms with Crippen LogP contribution in [0.1, 0.15) is 18.9 Å². The molecule has 1 fully saturated rings. The van der Waals surface area contributed by atoms with Crippen LogP contribution in [-0.2, 0) is 25.7 Å². The molecular weight excluding hydrogens is 380 g/mol. The monoisotopic (exact) mass is 400 g/mol. The van der Waals surface area contributed by atoms with Crippen LogP contribution in [0.2, 0.25) is 5.02 Å². The lowest BCUT2D eigenvalue weighted by Gasteiger charge is -2.18. The smallest absolute Gasteiger partial charge is 0.312 e. The van der Waals surface area contributed by atoms with Crippen molar-refractivity contribution in [3.63, 3.8) is 0 Å². The summed E-state index contributed by atoms with van der Waals surface area (Å²) in [4.78, 5) is 38.5. The summed E-state index contributed by atoms with van der Waals surface area (Å²) in [6.07, 6.45) is -0.892. The molecule has 1 heterocycles. The summed E-state index contributed by atoms with van der Waals surface area (Å²) in [5, 5.41) is 3.26. The third kappa shape index (κ3) is 4.89. The van der Waals surface area contributed by atoms with E-state index in [2.05, 4.69) is 5.32 Å². The molecular formula is C21H21ClN2O4. The van der Waals surface area contributed by atoms with Gasteiger partial charge >= 0.3 is 5.97 Å². The molecule has 0 bridgehead atoms. The van der Waals surface area contributed by atoms with Gasteiger partial charge in [-0.3, -0.25) is 14.4 Å². The second-order valence-corrected chi connectivity index (χ2v) is 7.11. The van der Waals surface area contributed by atoms with Crippen LogP contribution in [0.5, 0.6) is 0 Å². The van der Waals surface area contributed by atoms with E-state index in [1.165, 1.54) is 6.92 Å². The van der Waals surface area contributed by atoms with Crippen molar-refractivity contribution >= 4 is 35.1 Å². The van der Waals surface area contributed by atoms with Gasteiger partial charge in [0.25, 0.3) is 5.91 Å². The Morgan fingerprint density at radius 2 is 1.86 bits per heavy atom. The molecule has 1 saturated heterocycles. The maximum Gasteiger partial charge on any atom is 0.312 e. The van der Waals surface area contributed by atoms with Gasteiger partial charge in [0, 0.05) is 30.2 Å². The second kappa shape index (κ2) is 8.89. The molecule has 1 aliphatic rings. The fourth-order valence-corrected chi connectivity index (χ4v) is 3.20. The van der Waals surface area contributed by atoms with Crippen molar-refractivity contribution in [2.45, 2.75) is 26.0 Å². The van der Waals surface area contributed by atoms with Crippen LogP contribution in [0, 0.1) is 5.92 Å². The Morgan fingerprint density at radius 1 is 1.18 bits per heavy atom. The lowest BCUT2D eigenvalue weighted by atomic mass is 10.1. The number of nitrogens with one attached hydrogen (secondary N) is 1. The minimum absolute atomic E-state index is 0.0658. The van der Waals surface area contributed by atoms with Gasteiger partial charge < -0.3 is 15.0 Å². The Hall–Kier alpha value is -2.86. The fraction of sp³-hybridized carbons (Fsp3) is 0.286. The zero-order chi connectivity index (χ0) is 20.1. The van der Waals surface area contributed by atoms with Crippen LogP contribution in [0.25, 0.3) is 0 Å². The molecule has 1 N–H and O–H groups in total. The van der Waals surface area contributed by atoms with Crippen molar-refractivity contribution in [2.75, 3.05) is 11.9 Å². The van der Waals surface area contributed by atoms with E-state index < -0.39 is 23.9 Å². The number of hydrogen-bond donors (Lipinski definition) is 1. The van der Waals surface area contributed by atoms with Gasteiger partial charge in [-0.05, 0) is 30.7 Å². The van der Waals surface area contributed by atoms with Gasteiger partial charge in [-0.1, -0.05) is 48.0 Å². The molecule has 1 aliphatic heterocycles. The van der Waals surface area contributed by atoms with E-state index in [0.29, 0.717) is 17.3 Å². The van der Waals surface area contributed by atoms with E-state index in [9.17, 15) is 14.4 Å². The van der Waals surface area contributed by atoms with E-state index in [-0.39, 0.29) is 18.9 Å². The van der Waals surface area contributed by atoms with E-state index in [0.717, 1.165) is 5.56 Å². The number of ether oxygens (including phenoxy) is 1. The third-order valence-electron chi connectivity index (χ3n) is 4.57. The number of nitrogens with zero attached hydrogens (tertiary/aromatic N) is 1. The number of halogens is 1. The SMILES string of the molecule is C[C@H](OC(=O)[C@H]1CC(=O)N(Cc2ccccc2Cl)C1)C(=O)Nc1ccccc1. The molecule has 0 unspecified atom stereocenters. The van der Waals surface area contributed by atoms with Crippen molar-refractivity contribution in [1.29, 1.82) is 0 Å². The van der Waals surface area contributed by atoms with Crippen molar-refractivity contribution in [3.05, 3.63) is 65.2 Å². The number of benzene rings is 2. The van der Waals surface area contributed by atoms with Crippen LogP contribution >= 0.6 is 11.6 Å². The number of anilines is 1. The minimum atomic E-state index is -0.958. The van der Waals surface area contributed by atoms with Gasteiger partial charge in [-0.15, -0.1) is 0 Å². The average Bonchev–Trinajstić information content (AvgIpc) is 3.05. The number of para-hydroxylation sites is 1. The van der Waals surface area contributed by atoms with Crippen LogP contribution < -0.4 is 5.32 Å². The summed E-state index contributed by atoms with van der Waals surface area (Å²) in [6.45, 7) is 2.09. The highest BCUT2D eigenvalue weighted by molar-refractivity contribution is 6.31. The summed E-state index contributed by atoms with van der Waals surface area (Å²) in [5.74, 6) is -1.70. The molecule has 2 aromatic rings. The predicted octanol–water partition coefficient (Wildman–Crippen LogP) is 3.26. The summed E-state index contributed by atoms with van der Waals surface area (Å²) >= 11 is 6.15. The first-order valence-electron chi connectivity index (χ1n) is 9.01. The molecule has 28 heavy (non-hydrogen) atoms. The van der Waals surface area contributed by atoms with Crippen LogP contribution in [0.15, 0.2) is 54.6 Å². The van der Waals surface area contributed by atoms with Crippen LogP contribution in [0.4, 0.5) is 5.69 Å². The van der Waals surface area contributed by atoms with Gasteiger partial charge in [0.1, 0.15) is 0 Å². The summed E-state index contributed by atoms with van der Waals surface area (Å²) in [7, 11) is 0. The molecule has 0 saturated carbocycles. The molecule has 2 amide bonds. The molecule has 0 aromatic heterocycles. The lowest BCUT2D eigenvalue weighted by molar-refractivity contribution is -0.157. The standard InChI is InChI=1S/C21H21ClN2O4/c1-14(20(26)23-17-8-3-2-4-9-17)28-21(27)16-11-19(25)24(13-16)12-15-7-5-6-10-18(15)22/h2-10,14,16H,11-13H2,1H3,(H,23,26)/t14-,16-/m0/s1. The molecule has 3 rings (SSSR count). The van der Waals surface area contributed by atoms with E-state index >= 15 is 0 Å². The number of likely N-dealkylation sites (tertiary alicyclic amines) is 1. The van der Waals surface area contributed by atoms with Crippen molar-refractivity contribution in [1.82, 2.24) is 4.90 Å². The number of amides is 2. The van der Waals surface area contributed by atoms with Crippen LogP contribution in [-0.4, -0.2) is 35.3 Å². The van der Waals surface area contributed by atoms with Gasteiger partial charge in [-0.25, -0.2) is 0 Å². The van der Waals surface area contributed by atoms with Crippen molar-refractivity contribution < 1.29 is 19.1 Å². The highest BCUT2D eigenvalue weighted by Gasteiger charge is 2.36. The predicted molar refractivity (Wildman–Crippen MR) is 106 cm³/mol. The molecule has 6 nitrogen and oxygen atoms in total. The maximum atomic E-state index is 12.4. The maximum absolute atomic E-state index is 12.4. The minimum Gasteiger partial charge on any atom is -0.452 e. The van der Waals surface area contributed by atoms with Gasteiger partial charge in [0.2, 0.25) is 5.91 Å². The highest BCUT2D eigenvalue weighted by atomic mass is 35.5. The molecule has 146 valence electrons. The van der Waals surface area contributed by atoms with E-state index in [1.54, 1.807) is 35.2 Å². The third-order valence-corrected chi connectivity index (χ3v) is 4.94. The number of esters is 1. The first kappa shape index (κ1) is 19.9.